The van der Waals surface area contributed by atoms with Gasteiger partial charge in [0.1, 0.15) is 0 Å². The van der Waals surface area contributed by atoms with Crippen LogP contribution in [0.5, 0.6) is 0 Å². The summed E-state index contributed by atoms with van der Waals surface area (Å²) in [7, 11) is 4.90. The van der Waals surface area contributed by atoms with Gasteiger partial charge >= 0.3 is 0 Å². The number of hydrogen-bond donors (Lipinski definition) is 0. The molecule has 0 spiro atoms. The summed E-state index contributed by atoms with van der Waals surface area (Å²) >= 11 is 0. The molecule has 0 rings (SSSR count). The Bertz CT molecular complexity index is 329. The van der Waals surface area contributed by atoms with Crippen LogP contribution in [0.1, 0.15) is 168 Å². The monoisotopic (exact) mass is 517 g/mol. The van der Waals surface area contributed by atoms with E-state index >= 15 is 0 Å². The van der Waals surface area contributed by atoms with Gasteiger partial charge in [-0.15, -0.1) is 0 Å². The third kappa shape index (κ3) is 28.5. The minimum Gasteiger partial charge on any atom is -1.00 e. The molecule has 32 heavy (non-hydrogen) atoms. The maximum Gasteiger partial charge on any atom is 0.0782 e. The van der Waals surface area contributed by atoms with Gasteiger partial charge in [0.25, 0.3) is 0 Å². The lowest BCUT2D eigenvalue weighted by Crippen LogP contribution is -3.00. The number of halogens is 1. The molecule has 0 saturated heterocycles. The molecule has 0 unspecified atom stereocenters. The molecule has 0 aromatic heterocycles. The van der Waals surface area contributed by atoms with Gasteiger partial charge in [-0.3, -0.25) is 0 Å². The van der Waals surface area contributed by atoms with Crippen LogP contribution >= 0.6 is 0 Å². The van der Waals surface area contributed by atoms with E-state index in [2.05, 4.69) is 27.9 Å². The van der Waals surface area contributed by atoms with Crippen molar-refractivity contribution >= 4 is 0 Å². The Labute approximate surface area is 216 Å². The molecular weight excluding hydrogens is 454 g/mol. The van der Waals surface area contributed by atoms with Crippen LogP contribution < -0.4 is 17.0 Å². The van der Waals surface area contributed by atoms with Crippen molar-refractivity contribution in [1.82, 2.24) is 0 Å². The fourth-order valence-electron chi connectivity index (χ4n) is 4.87. The molecule has 0 amide bonds. The average Bonchev–Trinajstić information content (AvgIpc) is 2.75. The zero-order valence-electron chi connectivity index (χ0n) is 23.2. The van der Waals surface area contributed by atoms with Crippen molar-refractivity contribution in [1.29, 1.82) is 0 Å². The van der Waals surface area contributed by atoms with E-state index in [-0.39, 0.29) is 17.0 Å². The Hall–Kier alpha value is 0.440. The summed E-state index contributed by atoms with van der Waals surface area (Å²) in [5.41, 5.74) is 0. The summed E-state index contributed by atoms with van der Waals surface area (Å²) in [6.07, 6.45) is 35.0. The smallest absolute Gasteiger partial charge is 0.0782 e. The predicted octanol–water partition coefficient (Wildman–Crippen LogP) is 7.47. The van der Waals surface area contributed by atoms with Crippen LogP contribution in [0.2, 0.25) is 0 Å². The van der Waals surface area contributed by atoms with E-state index in [1.54, 1.807) is 0 Å². The number of quaternary nitrogens is 1. The fraction of sp³-hybridized carbons (Fsp3) is 1.00. The second-order valence-corrected chi connectivity index (χ2v) is 11.2. The lowest BCUT2D eigenvalue weighted by Gasteiger charge is -2.30. The van der Waals surface area contributed by atoms with E-state index in [0.717, 1.165) is 0 Å². The predicted molar refractivity (Wildman–Crippen MR) is 144 cm³/mol. The molecule has 0 N–H and O–H groups in total. The van der Waals surface area contributed by atoms with E-state index in [1.807, 2.05) is 0 Å². The molecule has 0 aliphatic rings. The molecule has 0 fully saturated rings. The van der Waals surface area contributed by atoms with Gasteiger partial charge in [-0.2, -0.15) is 0 Å². The summed E-state index contributed by atoms with van der Waals surface area (Å²) in [6.45, 7) is 7.38. The molecule has 0 aliphatic carbocycles. The topological polar surface area (TPSA) is 0 Å². The Kier molecular flexibility index (Phi) is 29.9. The third-order valence-electron chi connectivity index (χ3n) is 7.23. The molecular formula is C30H64BrN. The summed E-state index contributed by atoms with van der Waals surface area (Å²) in [5, 5.41) is 0. The van der Waals surface area contributed by atoms with Crippen molar-refractivity contribution in [2.75, 3.05) is 27.2 Å². The Morgan fingerprint density at radius 2 is 0.500 bits per heavy atom. The van der Waals surface area contributed by atoms with Crippen LogP contribution in [0.4, 0.5) is 0 Å². The van der Waals surface area contributed by atoms with Gasteiger partial charge in [-0.25, -0.2) is 0 Å². The molecule has 0 bridgehead atoms. The van der Waals surface area contributed by atoms with E-state index in [0.29, 0.717) is 0 Å². The number of nitrogens with zero attached hydrogens (tertiary/aromatic N) is 1. The molecule has 196 valence electrons. The van der Waals surface area contributed by atoms with Crippen molar-refractivity contribution in [3.05, 3.63) is 0 Å². The minimum absolute atomic E-state index is 0. The van der Waals surface area contributed by atoms with Crippen molar-refractivity contribution < 1.29 is 21.5 Å². The van der Waals surface area contributed by atoms with Crippen LogP contribution in [0.25, 0.3) is 0 Å². The molecule has 0 aliphatic heterocycles. The first-order valence-electron chi connectivity index (χ1n) is 14.9. The Morgan fingerprint density at radius 3 is 0.719 bits per heavy atom. The summed E-state index contributed by atoms with van der Waals surface area (Å²) < 4.78 is 1.24. The second kappa shape index (κ2) is 27.7. The first-order valence-corrected chi connectivity index (χ1v) is 14.9. The van der Waals surface area contributed by atoms with Crippen LogP contribution in [0.15, 0.2) is 0 Å². The lowest BCUT2D eigenvalue weighted by atomic mass is 10.0. The molecule has 0 aromatic carbocycles. The fourth-order valence-corrected chi connectivity index (χ4v) is 4.87. The highest BCUT2D eigenvalue weighted by atomic mass is 79.9. The SMILES string of the molecule is CCCCCCCCCCCCCCCCCC[N+](C)(C)CCCCCCCCCC.[Br-]. The molecule has 0 radical (unpaired) electrons. The highest BCUT2D eigenvalue weighted by molar-refractivity contribution is 4.51. The zero-order valence-corrected chi connectivity index (χ0v) is 24.8. The summed E-state index contributed by atoms with van der Waals surface area (Å²) in [6, 6.07) is 0. The Balaban J connectivity index is 0. The number of hydrogen-bond acceptors (Lipinski definition) is 0. The maximum atomic E-state index is 2.45. The van der Waals surface area contributed by atoms with E-state index in [4.69, 9.17) is 0 Å². The average molecular weight is 519 g/mol. The van der Waals surface area contributed by atoms with Gasteiger partial charge in [0, 0.05) is 0 Å². The molecule has 0 heterocycles. The molecule has 1 nitrogen and oxygen atoms in total. The molecule has 0 atom stereocenters. The van der Waals surface area contributed by atoms with Crippen molar-refractivity contribution in [2.24, 2.45) is 0 Å². The van der Waals surface area contributed by atoms with E-state index in [9.17, 15) is 0 Å². The number of rotatable bonds is 26. The van der Waals surface area contributed by atoms with Crippen LogP contribution in [-0.4, -0.2) is 31.7 Å². The quantitative estimate of drug-likeness (QED) is 0.0823. The van der Waals surface area contributed by atoms with Crippen LogP contribution in [-0.2, 0) is 0 Å². The van der Waals surface area contributed by atoms with Crippen molar-refractivity contribution in [2.45, 2.75) is 168 Å². The van der Waals surface area contributed by atoms with Gasteiger partial charge < -0.3 is 21.5 Å². The normalized spacial score (nSPS) is 11.6. The third-order valence-corrected chi connectivity index (χ3v) is 7.23. The molecule has 0 saturated carbocycles. The Morgan fingerprint density at radius 1 is 0.312 bits per heavy atom. The summed E-state index contributed by atoms with van der Waals surface area (Å²) in [4.78, 5) is 0. The number of unbranched alkanes of at least 4 members (excludes halogenated alkanes) is 22. The first kappa shape index (κ1) is 34.6. The van der Waals surface area contributed by atoms with Gasteiger partial charge in [0.15, 0.2) is 0 Å². The standard InChI is InChI=1S/C30H64N.BrH/c1-5-7-9-11-13-15-16-17-18-19-20-21-22-24-26-28-30-31(3,4)29-27-25-23-14-12-10-8-6-2;/h5-30H2,1-4H3;1H/q+1;/p-1. The maximum absolute atomic E-state index is 2.45. The van der Waals surface area contributed by atoms with Gasteiger partial charge in [0.2, 0.25) is 0 Å². The van der Waals surface area contributed by atoms with Gasteiger partial charge in [0.05, 0.1) is 27.2 Å². The van der Waals surface area contributed by atoms with Crippen molar-refractivity contribution in [3.63, 3.8) is 0 Å². The first-order chi connectivity index (χ1) is 15.1. The zero-order chi connectivity index (χ0) is 22.9. The highest BCUT2D eigenvalue weighted by Gasteiger charge is 2.13. The van der Waals surface area contributed by atoms with Gasteiger partial charge in [-0.05, 0) is 25.7 Å². The highest BCUT2D eigenvalue weighted by Crippen LogP contribution is 2.15. The second-order valence-electron chi connectivity index (χ2n) is 11.2. The van der Waals surface area contributed by atoms with E-state index in [1.165, 1.54) is 172 Å². The van der Waals surface area contributed by atoms with E-state index < -0.39 is 0 Å². The molecule has 0 aromatic rings. The largest absolute Gasteiger partial charge is 1.00 e. The van der Waals surface area contributed by atoms with Crippen LogP contribution in [0.3, 0.4) is 0 Å². The lowest BCUT2D eigenvalue weighted by molar-refractivity contribution is -0.890. The summed E-state index contributed by atoms with van der Waals surface area (Å²) in [5.74, 6) is 0. The molecule has 2 heteroatoms. The minimum atomic E-state index is 0. The van der Waals surface area contributed by atoms with Crippen molar-refractivity contribution in [3.8, 4) is 0 Å². The van der Waals surface area contributed by atoms with Gasteiger partial charge in [-0.1, -0.05) is 142 Å². The van der Waals surface area contributed by atoms with Crippen LogP contribution in [0, 0.1) is 0 Å².